The van der Waals surface area contributed by atoms with E-state index in [1.165, 1.54) is 0 Å². The molecule has 1 aliphatic rings. The van der Waals surface area contributed by atoms with Crippen LogP contribution in [0.25, 0.3) is 0 Å². The summed E-state index contributed by atoms with van der Waals surface area (Å²) in [6.45, 7) is 10.9. The zero-order valence-electron chi connectivity index (χ0n) is 10.0. The van der Waals surface area contributed by atoms with E-state index in [1.54, 1.807) is 0 Å². The molecular weight excluding hydrogens is 176 g/mol. The third-order valence-corrected chi connectivity index (χ3v) is 2.89. The molecule has 1 saturated heterocycles. The van der Waals surface area contributed by atoms with Gasteiger partial charge in [-0.2, -0.15) is 0 Å². The van der Waals surface area contributed by atoms with Crippen LogP contribution in [0, 0.1) is 5.41 Å². The van der Waals surface area contributed by atoms with Crippen molar-refractivity contribution < 1.29 is 4.79 Å². The number of carbonyl (C=O) groups is 1. The lowest BCUT2D eigenvalue weighted by molar-refractivity contribution is -0.142. The Morgan fingerprint density at radius 3 is 2.29 bits per heavy atom. The second-order valence-electron chi connectivity index (χ2n) is 5.33. The highest BCUT2D eigenvalue weighted by molar-refractivity contribution is 5.81. The normalized spacial score (nSPS) is 25.2. The number of hydrogen-bond donors (Lipinski definition) is 0. The van der Waals surface area contributed by atoms with Crippen molar-refractivity contribution in [2.75, 3.05) is 26.7 Å². The predicted octanol–water partition coefficient (Wildman–Crippen LogP) is 1.19. The Morgan fingerprint density at radius 2 is 1.86 bits per heavy atom. The molecule has 82 valence electrons. The molecule has 1 aliphatic heterocycles. The minimum atomic E-state index is -0.240. The predicted molar refractivity (Wildman–Crippen MR) is 58.1 cm³/mol. The monoisotopic (exact) mass is 198 g/mol. The zero-order valence-corrected chi connectivity index (χ0v) is 10.0. The van der Waals surface area contributed by atoms with Crippen molar-refractivity contribution in [3.63, 3.8) is 0 Å². The van der Waals surface area contributed by atoms with Gasteiger partial charge in [-0.15, -0.1) is 0 Å². The van der Waals surface area contributed by atoms with Crippen LogP contribution in [-0.4, -0.2) is 48.4 Å². The summed E-state index contributed by atoms with van der Waals surface area (Å²) < 4.78 is 0. The number of hydrogen-bond acceptors (Lipinski definition) is 2. The lowest BCUT2D eigenvalue weighted by atomic mass is 9.94. The molecule has 0 aromatic carbocycles. The van der Waals surface area contributed by atoms with Crippen LogP contribution in [0.1, 0.15) is 27.7 Å². The number of nitrogens with zero attached hydrogens (tertiary/aromatic N) is 2. The van der Waals surface area contributed by atoms with Crippen molar-refractivity contribution in [2.24, 2.45) is 5.41 Å². The van der Waals surface area contributed by atoms with E-state index in [0.29, 0.717) is 6.04 Å². The maximum absolute atomic E-state index is 12.0. The minimum Gasteiger partial charge on any atom is -0.339 e. The molecule has 3 nitrogen and oxygen atoms in total. The molecule has 0 aromatic heterocycles. The summed E-state index contributed by atoms with van der Waals surface area (Å²) in [6, 6.07) is 0.482. The van der Waals surface area contributed by atoms with E-state index in [2.05, 4.69) is 18.9 Å². The first-order valence-corrected chi connectivity index (χ1v) is 5.32. The van der Waals surface area contributed by atoms with Crippen molar-refractivity contribution in [1.82, 2.24) is 9.80 Å². The molecule has 1 amide bonds. The molecule has 0 saturated carbocycles. The topological polar surface area (TPSA) is 23.6 Å². The molecule has 1 heterocycles. The van der Waals surface area contributed by atoms with Gasteiger partial charge in [-0.3, -0.25) is 4.79 Å². The van der Waals surface area contributed by atoms with Crippen LogP contribution in [0.5, 0.6) is 0 Å². The quantitative estimate of drug-likeness (QED) is 0.584. The highest BCUT2D eigenvalue weighted by atomic mass is 16.2. The molecule has 0 aliphatic carbocycles. The third-order valence-electron chi connectivity index (χ3n) is 2.89. The fourth-order valence-electron chi connectivity index (χ4n) is 1.71. The molecule has 0 radical (unpaired) electrons. The Balaban J connectivity index is 2.59. The average molecular weight is 198 g/mol. The van der Waals surface area contributed by atoms with Crippen LogP contribution in [0.15, 0.2) is 0 Å². The Labute approximate surface area is 87.1 Å². The largest absolute Gasteiger partial charge is 0.339 e. The summed E-state index contributed by atoms with van der Waals surface area (Å²) in [5.41, 5.74) is -0.240. The van der Waals surface area contributed by atoms with Crippen molar-refractivity contribution in [2.45, 2.75) is 33.7 Å². The van der Waals surface area contributed by atoms with Gasteiger partial charge >= 0.3 is 0 Å². The van der Waals surface area contributed by atoms with Gasteiger partial charge in [0.25, 0.3) is 0 Å². The minimum absolute atomic E-state index is 0.240. The van der Waals surface area contributed by atoms with Gasteiger partial charge < -0.3 is 9.80 Å². The van der Waals surface area contributed by atoms with Crippen molar-refractivity contribution in [3.8, 4) is 0 Å². The molecule has 0 bridgehead atoms. The van der Waals surface area contributed by atoms with E-state index in [4.69, 9.17) is 0 Å². The van der Waals surface area contributed by atoms with Gasteiger partial charge in [-0.25, -0.2) is 0 Å². The molecule has 0 N–H and O–H groups in total. The first kappa shape index (κ1) is 11.5. The maximum atomic E-state index is 12.0. The lowest BCUT2D eigenvalue weighted by Gasteiger charge is -2.40. The van der Waals surface area contributed by atoms with Crippen molar-refractivity contribution in [1.29, 1.82) is 0 Å². The number of carbonyl (C=O) groups excluding carboxylic acids is 1. The molecular formula is C11H22N2O. The van der Waals surface area contributed by atoms with Gasteiger partial charge in [0.1, 0.15) is 0 Å². The Hall–Kier alpha value is -0.570. The lowest BCUT2D eigenvalue weighted by Crippen LogP contribution is -2.54. The summed E-state index contributed by atoms with van der Waals surface area (Å²) in [7, 11) is 2.11. The summed E-state index contributed by atoms with van der Waals surface area (Å²) in [5.74, 6) is 0.275. The molecule has 1 fully saturated rings. The Bertz CT molecular complexity index is 220. The summed E-state index contributed by atoms with van der Waals surface area (Å²) >= 11 is 0. The Morgan fingerprint density at radius 1 is 1.29 bits per heavy atom. The molecule has 1 rings (SSSR count). The van der Waals surface area contributed by atoms with E-state index in [0.717, 1.165) is 19.6 Å². The van der Waals surface area contributed by atoms with Crippen LogP contribution in [0.2, 0.25) is 0 Å². The van der Waals surface area contributed by atoms with Crippen molar-refractivity contribution in [3.05, 3.63) is 0 Å². The highest BCUT2D eigenvalue weighted by Crippen LogP contribution is 2.19. The number of amides is 1. The molecule has 14 heavy (non-hydrogen) atoms. The van der Waals surface area contributed by atoms with E-state index in [9.17, 15) is 4.79 Å². The van der Waals surface area contributed by atoms with Crippen LogP contribution in [-0.2, 0) is 4.79 Å². The SMILES string of the molecule is CC1CN(C(=O)C(C)(C)C)CCN1C. The first-order valence-electron chi connectivity index (χ1n) is 5.32. The maximum Gasteiger partial charge on any atom is 0.228 e. The van der Waals surface area contributed by atoms with Gasteiger partial charge in [-0.1, -0.05) is 20.8 Å². The first-order chi connectivity index (χ1) is 6.32. The Kier molecular flexibility index (Phi) is 3.20. The third kappa shape index (κ3) is 2.47. The number of rotatable bonds is 0. The fraction of sp³-hybridized carbons (Fsp3) is 0.909. The average Bonchev–Trinajstić information content (AvgIpc) is 2.07. The summed E-state index contributed by atoms with van der Waals surface area (Å²) in [5, 5.41) is 0. The molecule has 0 aromatic rings. The van der Waals surface area contributed by atoms with Crippen molar-refractivity contribution >= 4 is 5.91 Å². The van der Waals surface area contributed by atoms with Gasteiger partial charge in [0.15, 0.2) is 0 Å². The molecule has 1 unspecified atom stereocenters. The van der Waals surface area contributed by atoms with Gasteiger partial charge in [0, 0.05) is 31.1 Å². The number of piperazine rings is 1. The standard InChI is InChI=1S/C11H22N2O/c1-9-8-13(7-6-12(9)5)10(14)11(2,3)4/h9H,6-8H2,1-5H3. The number of likely N-dealkylation sites (N-methyl/N-ethyl adjacent to an activating group) is 1. The van der Waals surface area contributed by atoms with Gasteiger partial charge in [0.05, 0.1) is 0 Å². The van der Waals surface area contributed by atoms with Crippen LogP contribution >= 0.6 is 0 Å². The fourth-order valence-corrected chi connectivity index (χ4v) is 1.71. The highest BCUT2D eigenvalue weighted by Gasteiger charge is 2.31. The van der Waals surface area contributed by atoms with Crippen LogP contribution < -0.4 is 0 Å². The van der Waals surface area contributed by atoms with Gasteiger partial charge in [0.2, 0.25) is 5.91 Å². The zero-order chi connectivity index (χ0) is 10.9. The van der Waals surface area contributed by atoms with Crippen LogP contribution in [0.4, 0.5) is 0 Å². The second kappa shape index (κ2) is 3.89. The molecule has 1 atom stereocenters. The second-order valence-corrected chi connectivity index (χ2v) is 5.33. The van der Waals surface area contributed by atoms with E-state index in [-0.39, 0.29) is 11.3 Å². The van der Waals surface area contributed by atoms with E-state index in [1.807, 2.05) is 25.7 Å². The van der Waals surface area contributed by atoms with Gasteiger partial charge in [-0.05, 0) is 14.0 Å². The summed E-state index contributed by atoms with van der Waals surface area (Å²) in [6.07, 6.45) is 0. The van der Waals surface area contributed by atoms with E-state index >= 15 is 0 Å². The van der Waals surface area contributed by atoms with Crippen LogP contribution in [0.3, 0.4) is 0 Å². The molecule has 3 heteroatoms. The molecule has 0 spiro atoms. The summed E-state index contributed by atoms with van der Waals surface area (Å²) in [4.78, 5) is 16.3. The van der Waals surface area contributed by atoms with E-state index < -0.39 is 0 Å². The smallest absolute Gasteiger partial charge is 0.228 e.